The SMILES string of the molecule is CCCc1cc(NC(=O)c2cc(C)c(C)s2)n[nH]1. The minimum atomic E-state index is -0.0919. The summed E-state index contributed by atoms with van der Waals surface area (Å²) in [6.45, 7) is 6.14. The van der Waals surface area contributed by atoms with Gasteiger partial charge in [0.2, 0.25) is 0 Å². The number of carbonyl (C=O) groups is 1. The number of thiophene rings is 1. The van der Waals surface area contributed by atoms with Gasteiger partial charge in [-0.25, -0.2) is 0 Å². The molecule has 0 bridgehead atoms. The molecule has 4 nitrogen and oxygen atoms in total. The molecule has 0 radical (unpaired) electrons. The lowest BCUT2D eigenvalue weighted by atomic mass is 10.2. The van der Waals surface area contributed by atoms with Crippen LogP contribution in [0, 0.1) is 13.8 Å². The van der Waals surface area contributed by atoms with E-state index in [-0.39, 0.29) is 5.91 Å². The van der Waals surface area contributed by atoms with Crippen molar-refractivity contribution in [2.75, 3.05) is 5.32 Å². The maximum absolute atomic E-state index is 12.0. The molecular weight excluding hydrogens is 246 g/mol. The fraction of sp³-hybridized carbons (Fsp3) is 0.385. The first-order valence-corrected chi connectivity index (χ1v) is 6.84. The number of carbonyl (C=O) groups excluding carboxylic acids is 1. The Kier molecular flexibility index (Phi) is 3.81. The molecule has 2 rings (SSSR count). The van der Waals surface area contributed by atoms with Crippen molar-refractivity contribution in [3.8, 4) is 0 Å². The molecule has 0 unspecified atom stereocenters. The van der Waals surface area contributed by atoms with Gasteiger partial charge in [0, 0.05) is 16.6 Å². The van der Waals surface area contributed by atoms with Crippen molar-refractivity contribution in [3.05, 3.63) is 33.1 Å². The smallest absolute Gasteiger partial charge is 0.266 e. The molecule has 0 fully saturated rings. The van der Waals surface area contributed by atoms with Gasteiger partial charge < -0.3 is 5.32 Å². The highest BCUT2D eigenvalue weighted by Crippen LogP contribution is 2.21. The first kappa shape index (κ1) is 12.8. The van der Waals surface area contributed by atoms with Gasteiger partial charge in [-0.2, -0.15) is 5.10 Å². The number of H-pyrrole nitrogens is 1. The second-order valence-corrected chi connectivity index (χ2v) is 5.59. The summed E-state index contributed by atoms with van der Waals surface area (Å²) in [6.07, 6.45) is 2.00. The van der Waals surface area contributed by atoms with Crippen LogP contribution in [-0.2, 0) is 6.42 Å². The molecule has 2 aromatic rings. The van der Waals surface area contributed by atoms with Crippen LogP contribution in [0.15, 0.2) is 12.1 Å². The molecule has 18 heavy (non-hydrogen) atoms. The number of aryl methyl sites for hydroxylation is 3. The molecule has 0 aliphatic carbocycles. The molecular formula is C13H17N3OS. The van der Waals surface area contributed by atoms with Gasteiger partial charge >= 0.3 is 0 Å². The first-order chi connectivity index (χ1) is 8.60. The van der Waals surface area contributed by atoms with Crippen LogP contribution in [0.2, 0.25) is 0 Å². The van der Waals surface area contributed by atoms with Crippen molar-refractivity contribution in [2.24, 2.45) is 0 Å². The van der Waals surface area contributed by atoms with Crippen molar-refractivity contribution >= 4 is 23.1 Å². The fourth-order valence-electron chi connectivity index (χ4n) is 1.69. The second-order valence-electron chi connectivity index (χ2n) is 4.33. The molecule has 0 spiro atoms. The predicted molar refractivity (Wildman–Crippen MR) is 74.3 cm³/mol. The number of amides is 1. The van der Waals surface area contributed by atoms with E-state index in [1.165, 1.54) is 16.2 Å². The van der Waals surface area contributed by atoms with Gasteiger partial charge in [-0.15, -0.1) is 11.3 Å². The van der Waals surface area contributed by atoms with Crippen LogP contribution in [0.3, 0.4) is 0 Å². The molecule has 0 aliphatic heterocycles. The molecule has 2 heterocycles. The van der Waals surface area contributed by atoms with Gasteiger partial charge in [0.1, 0.15) is 0 Å². The Morgan fingerprint density at radius 2 is 2.22 bits per heavy atom. The Morgan fingerprint density at radius 3 is 2.83 bits per heavy atom. The van der Waals surface area contributed by atoms with Gasteiger partial charge in [0.25, 0.3) is 5.91 Å². The summed E-state index contributed by atoms with van der Waals surface area (Å²) in [7, 11) is 0. The van der Waals surface area contributed by atoms with Crippen molar-refractivity contribution in [3.63, 3.8) is 0 Å². The maximum atomic E-state index is 12.0. The summed E-state index contributed by atoms with van der Waals surface area (Å²) in [5.41, 5.74) is 2.20. The number of hydrogen-bond donors (Lipinski definition) is 2. The van der Waals surface area contributed by atoms with Gasteiger partial charge in [0.05, 0.1) is 4.88 Å². The van der Waals surface area contributed by atoms with E-state index in [9.17, 15) is 4.79 Å². The Hall–Kier alpha value is -1.62. The number of nitrogens with one attached hydrogen (secondary N) is 2. The average molecular weight is 263 g/mol. The minimum absolute atomic E-state index is 0.0919. The summed E-state index contributed by atoms with van der Waals surface area (Å²) in [4.78, 5) is 13.9. The van der Waals surface area contributed by atoms with Crippen LogP contribution in [-0.4, -0.2) is 16.1 Å². The zero-order valence-corrected chi connectivity index (χ0v) is 11.6. The molecule has 1 amide bonds. The van der Waals surface area contributed by atoms with Crippen LogP contribution in [0.25, 0.3) is 0 Å². The minimum Gasteiger partial charge on any atom is -0.304 e. The number of rotatable bonds is 4. The van der Waals surface area contributed by atoms with Gasteiger partial charge in [0.15, 0.2) is 5.82 Å². The molecule has 96 valence electrons. The van der Waals surface area contributed by atoms with Crippen LogP contribution in [0.5, 0.6) is 0 Å². The Morgan fingerprint density at radius 1 is 1.44 bits per heavy atom. The monoisotopic (exact) mass is 263 g/mol. The number of aromatic amines is 1. The third-order valence-electron chi connectivity index (χ3n) is 2.78. The predicted octanol–water partition coefficient (Wildman–Crippen LogP) is 3.29. The topological polar surface area (TPSA) is 57.8 Å². The lowest BCUT2D eigenvalue weighted by Gasteiger charge is -1.97. The molecule has 2 aromatic heterocycles. The second kappa shape index (κ2) is 5.35. The van der Waals surface area contributed by atoms with E-state index >= 15 is 0 Å². The van der Waals surface area contributed by atoms with E-state index in [4.69, 9.17) is 0 Å². The molecule has 0 saturated heterocycles. The normalized spacial score (nSPS) is 10.6. The van der Waals surface area contributed by atoms with Crippen molar-refractivity contribution in [2.45, 2.75) is 33.6 Å². The van der Waals surface area contributed by atoms with Crippen molar-refractivity contribution in [1.29, 1.82) is 0 Å². The largest absolute Gasteiger partial charge is 0.304 e. The van der Waals surface area contributed by atoms with Crippen LogP contribution in [0.1, 0.15) is 39.2 Å². The van der Waals surface area contributed by atoms with Gasteiger partial charge in [-0.1, -0.05) is 13.3 Å². The zero-order valence-electron chi connectivity index (χ0n) is 10.8. The number of aromatic nitrogens is 2. The van der Waals surface area contributed by atoms with Gasteiger partial charge in [-0.05, 0) is 31.9 Å². The van der Waals surface area contributed by atoms with E-state index in [0.717, 1.165) is 29.0 Å². The van der Waals surface area contributed by atoms with Crippen LogP contribution in [0.4, 0.5) is 5.82 Å². The van der Waals surface area contributed by atoms with E-state index in [1.54, 1.807) is 0 Å². The third-order valence-corrected chi connectivity index (χ3v) is 3.93. The molecule has 0 saturated carbocycles. The first-order valence-electron chi connectivity index (χ1n) is 6.02. The molecule has 0 atom stereocenters. The van der Waals surface area contributed by atoms with E-state index < -0.39 is 0 Å². The highest BCUT2D eigenvalue weighted by Gasteiger charge is 2.12. The van der Waals surface area contributed by atoms with E-state index in [1.807, 2.05) is 26.0 Å². The summed E-state index contributed by atoms with van der Waals surface area (Å²) >= 11 is 1.51. The summed E-state index contributed by atoms with van der Waals surface area (Å²) in [6, 6.07) is 3.80. The zero-order chi connectivity index (χ0) is 13.1. The highest BCUT2D eigenvalue weighted by atomic mass is 32.1. The number of nitrogens with zero attached hydrogens (tertiary/aromatic N) is 1. The number of anilines is 1. The molecule has 5 heteroatoms. The Labute approximate surface area is 110 Å². The molecule has 0 aromatic carbocycles. The number of hydrogen-bond acceptors (Lipinski definition) is 3. The Balaban J connectivity index is 2.06. The standard InChI is InChI=1S/C13H17N3OS/c1-4-5-10-7-12(16-15-10)14-13(17)11-6-8(2)9(3)18-11/h6-7H,4-5H2,1-3H3,(H2,14,15,16,17). The van der Waals surface area contributed by atoms with E-state index in [2.05, 4.69) is 22.4 Å². The molecule has 0 aliphatic rings. The Bertz CT molecular complexity index is 537. The lowest BCUT2D eigenvalue weighted by molar-refractivity contribution is 0.103. The fourth-order valence-corrected chi connectivity index (χ4v) is 2.62. The van der Waals surface area contributed by atoms with Crippen molar-refractivity contribution < 1.29 is 4.79 Å². The van der Waals surface area contributed by atoms with E-state index in [0.29, 0.717) is 5.82 Å². The van der Waals surface area contributed by atoms with Crippen molar-refractivity contribution in [1.82, 2.24) is 10.2 Å². The maximum Gasteiger partial charge on any atom is 0.266 e. The quantitative estimate of drug-likeness (QED) is 0.889. The average Bonchev–Trinajstić information content (AvgIpc) is 2.88. The highest BCUT2D eigenvalue weighted by molar-refractivity contribution is 7.14. The third kappa shape index (κ3) is 2.79. The summed E-state index contributed by atoms with van der Waals surface area (Å²) in [5, 5.41) is 9.80. The lowest BCUT2D eigenvalue weighted by Crippen LogP contribution is -2.10. The van der Waals surface area contributed by atoms with Crippen LogP contribution < -0.4 is 5.32 Å². The van der Waals surface area contributed by atoms with Crippen LogP contribution >= 0.6 is 11.3 Å². The summed E-state index contributed by atoms with van der Waals surface area (Å²) < 4.78 is 0. The molecule has 2 N–H and O–H groups in total. The summed E-state index contributed by atoms with van der Waals surface area (Å²) in [5.74, 6) is 0.498. The van der Waals surface area contributed by atoms with Gasteiger partial charge in [-0.3, -0.25) is 9.89 Å².